The summed E-state index contributed by atoms with van der Waals surface area (Å²) in [6, 6.07) is 3.16. The van der Waals surface area contributed by atoms with Crippen LogP contribution in [0.4, 0.5) is 23.7 Å². The lowest BCUT2D eigenvalue weighted by Crippen LogP contribution is -2.59. The Morgan fingerprint density at radius 1 is 1.05 bits per heavy atom. The molecule has 56 heavy (non-hydrogen) atoms. The summed E-state index contributed by atoms with van der Waals surface area (Å²) in [7, 11) is 1.45. The molecule has 0 aromatic heterocycles. The van der Waals surface area contributed by atoms with Gasteiger partial charge in [-0.25, -0.2) is 4.79 Å². The average Bonchev–Trinajstić information content (AvgIpc) is 3.11. The van der Waals surface area contributed by atoms with Crippen molar-refractivity contribution in [2.75, 3.05) is 32.0 Å². The van der Waals surface area contributed by atoms with Crippen molar-refractivity contribution >= 4 is 17.7 Å². The van der Waals surface area contributed by atoms with E-state index >= 15 is 0 Å². The number of carbonyl (C=O) groups excluding carboxylic acids is 2. The second-order valence-electron chi connectivity index (χ2n) is 16.9. The highest BCUT2D eigenvalue weighted by Crippen LogP contribution is 2.38. The first-order chi connectivity index (χ1) is 25.8. The van der Waals surface area contributed by atoms with E-state index in [1.54, 1.807) is 27.7 Å². The molecule has 16 heteroatoms. The molecular weight excluding hydrogens is 739 g/mol. The van der Waals surface area contributed by atoms with Crippen molar-refractivity contribution in [3.8, 4) is 0 Å². The summed E-state index contributed by atoms with van der Waals surface area (Å²) < 4.78 is 58.8. The van der Waals surface area contributed by atoms with Crippen molar-refractivity contribution in [1.29, 1.82) is 0 Å². The first kappa shape index (κ1) is 47.8. The van der Waals surface area contributed by atoms with Crippen molar-refractivity contribution < 1.29 is 62.5 Å². The molecule has 0 aliphatic carbocycles. The lowest BCUT2D eigenvalue weighted by atomic mass is 9.78. The summed E-state index contributed by atoms with van der Waals surface area (Å²) in [6.07, 6.45) is -11.1. The highest BCUT2D eigenvalue weighted by Gasteiger charge is 2.49. The zero-order valence-electron chi connectivity index (χ0n) is 34.5. The maximum Gasteiger partial charge on any atom is 0.418 e. The van der Waals surface area contributed by atoms with Gasteiger partial charge in [0.2, 0.25) is 0 Å². The van der Waals surface area contributed by atoms with E-state index in [2.05, 4.69) is 5.32 Å². The Morgan fingerprint density at radius 3 is 2.29 bits per heavy atom. The van der Waals surface area contributed by atoms with E-state index < -0.39 is 89.6 Å². The first-order valence-corrected chi connectivity index (χ1v) is 19.8. The molecule has 2 aliphatic rings. The van der Waals surface area contributed by atoms with Gasteiger partial charge in [0.05, 0.1) is 41.1 Å². The fraction of sp³-hybridized carbons (Fsp3) is 0.800. The Labute approximate surface area is 329 Å². The minimum atomic E-state index is -4.67. The number of hydrogen-bond donors (Lipinski definition) is 6. The van der Waals surface area contributed by atoms with Crippen LogP contribution in [0, 0.1) is 23.7 Å². The molecular formula is C40H66F3N3O10. The molecule has 0 bridgehead atoms. The third kappa shape index (κ3) is 11.8. The maximum atomic E-state index is 13.6. The normalized spacial score (nSPS) is 38.6. The number of amides is 2. The molecule has 0 unspecified atom stereocenters. The SMILES string of the molecule is CC[C@H]1OC(=O)[C@H](C)[C@@H](O)[C@H](C)[C@@H](O[C@H]2O[C@@H](C)C[C@@H](C)[C@@H]2O)[C@](C)(O)C[C@@H](C)CN(CCCN(C)C(=O)Nc2ccccc2C(F)(F)F)[C@H](C)[C@@H](O)[C@]1(C)O. The predicted octanol–water partition coefficient (Wildman–Crippen LogP) is 4.62. The van der Waals surface area contributed by atoms with Gasteiger partial charge in [-0.3, -0.25) is 9.69 Å². The molecule has 14 atom stereocenters. The average molecular weight is 806 g/mol. The summed E-state index contributed by atoms with van der Waals surface area (Å²) in [5.74, 6) is -3.36. The Balaban J connectivity index is 1.93. The van der Waals surface area contributed by atoms with Gasteiger partial charge in [-0.05, 0) is 84.3 Å². The second-order valence-corrected chi connectivity index (χ2v) is 16.9. The summed E-state index contributed by atoms with van der Waals surface area (Å²) >= 11 is 0. The van der Waals surface area contributed by atoms with Crippen molar-refractivity contribution in [2.24, 2.45) is 23.7 Å². The van der Waals surface area contributed by atoms with Gasteiger partial charge in [0, 0.05) is 38.6 Å². The van der Waals surface area contributed by atoms with Gasteiger partial charge < -0.3 is 50.0 Å². The van der Waals surface area contributed by atoms with E-state index in [1.165, 1.54) is 44.0 Å². The van der Waals surface area contributed by atoms with Gasteiger partial charge in [0.15, 0.2) is 6.29 Å². The van der Waals surface area contributed by atoms with Crippen LogP contribution in [0.2, 0.25) is 0 Å². The number of hydrogen-bond acceptors (Lipinski definition) is 11. The van der Waals surface area contributed by atoms with Crippen LogP contribution in [0.25, 0.3) is 0 Å². The smallest absolute Gasteiger partial charge is 0.418 e. The number of urea groups is 1. The van der Waals surface area contributed by atoms with E-state index in [-0.39, 0.29) is 56.1 Å². The van der Waals surface area contributed by atoms with Crippen LogP contribution in [-0.4, -0.2) is 134 Å². The highest BCUT2D eigenvalue weighted by molar-refractivity contribution is 5.90. The number of para-hydroxylation sites is 1. The Morgan fingerprint density at radius 2 is 1.68 bits per heavy atom. The van der Waals surface area contributed by atoms with Crippen molar-refractivity contribution in [3.63, 3.8) is 0 Å². The molecule has 3 rings (SSSR count). The number of aliphatic hydroxyl groups is 5. The third-order valence-electron chi connectivity index (χ3n) is 11.7. The molecule has 0 spiro atoms. The molecule has 1 aromatic rings. The highest BCUT2D eigenvalue weighted by atomic mass is 19.4. The van der Waals surface area contributed by atoms with Gasteiger partial charge in [-0.2, -0.15) is 13.2 Å². The zero-order chi connectivity index (χ0) is 42.5. The number of alkyl halides is 3. The molecule has 2 aliphatic heterocycles. The Bertz CT molecular complexity index is 1430. The number of benzene rings is 1. The van der Waals surface area contributed by atoms with E-state index in [0.717, 1.165) is 6.07 Å². The van der Waals surface area contributed by atoms with Gasteiger partial charge in [0.25, 0.3) is 0 Å². The van der Waals surface area contributed by atoms with Gasteiger partial charge in [-0.1, -0.05) is 39.8 Å². The maximum absolute atomic E-state index is 13.6. The number of nitrogens with zero attached hydrogens (tertiary/aromatic N) is 2. The largest absolute Gasteiger partial charge is 0.459 e. The molecule has 6 N–H and O–H groups in total. The number of aliphatic hydroxyl groups excluding tert-OH is 3. The van der Waals surface area contributed by atoms with Crippen LogP contribution in [0.15, 0.2) is 24.3 Å². The van der Waals surface area contributed by atoms with Crippen molar-refractivity contribution in [3.05, 3.63) is 29.8 Å². The van der Waals surface area contributed by atoms with E-state index in [4.69, 9.17) is 14.2 Å². The summed E-state index contributed by atoms with van der Waals surface area (Å²) in [4.78, 5) is 29.7. The van der Waals surface area contributed by atoms with Crippen molar-refractivity contribution in [2.45, 2.75) is 154 Å². The fourth-order valence-corrected chi connectivity index (χ4v) is 8.32. The van der Waals surface area contributed by atoms with E-state index in [0.29, 0.717) is 12.8 Å². The third-order valence-corrected chi connectivity index (χ3v) is 11.7. The lowest BCUT2D eigenvalue weighted by Gasteiger charge is -2.45. The zero-order valence-corrected chi connectivity index (χ0v) is 34.5. The van der Waals surface area contributed by atoms with Gasteiger partial charge in [0.1, 0.15) is 23.9 Å². The first-order valence-electron chi connectivity index (χ1n) is 19.8. The monoisotopic (exact) mass is 805 g/mol. The predicted molar refractivity (Wildman–Crippen MR) is 203 cm³/mol. The minimum absolute atomic E-state index is 0.0929. The number of esters is 1. The fourth-order valence-electron chi connectivity index (χ4n) is 8.32. The summed E-state index contributed by atoms with van der Waals surface area (Å²) in [5, 5.41) is 60.7. The molecule has 0 saturated carbocycles. The molecule has 322 valence electrons. The Hall–Kier alpha value is -2.57. The van der Waals surface area contributed by atoms with Crippen LogP contribution >= 0.6 is 0 Å². The number of ether oxygens (including phenoxy) is 3. The topological polar surface area (TPSA) is 181 Å². The van der Waals surface area contributed by atoms with Crippen LogP contribution in [0.5, 0.6) is 0 Å². The Kier molecular flexibility index (Phi) is 16.6. The van der Waals surface area contributed by atoms with E-state index in [9.17, 15) is 48.3 Å². The molecule has 2 saturated heterocycles. The van der Waals surface area contributed by atoms with Crippen molar-refractivity contribution in [1.82, 2.24) is 9.80 Å². The van der Waals surface area contributed by atoms with Crippen LogP contribution in [0.3, 0.4) is 0 Å². The molecule has 2 amide bonds. The quantitative estimate of drug-likeness (QED) is 0.202. The number of cyclic esters (lactones) is 1. The number of anilines is 1. The minimum Gasteiger partial charge on any atom is -0.459 e. The lowest BCUT2D eigenvalue weighted by molar-refractivity contribution is -0.298. The standard InChI is InChI=1S/C40H66F3N3O10/c1-11-30-39(9,53)33(49)27(7)46(18-14-17-45(10)37(51)44-29-16-13-12-15-28(29)40(41,42)43)21-22(2)20-38(8,52)34(25(5)32(48)26(6)35(50)55-30)56-36-31(47)23(3)19-24(4)54-36/h12-13,15-16,22-27,30-34,36,47-49,52-53H,11,14,17-21H2,1-10H3,(H,44,51)/t22-,23-,24+,25+,26-,27-,30-,31+,32+,33-,34-,36-,38-,39-/m1/s1. The van der Waals surface area contributed by atoms with E-state index in [1.807, 2.05) is 25.7 Å². The van der Waals surface area contributed by atoms with Gasteiger partial charge in [-0.15, -0.1) is 0 Å². The molecule has 0 radical (unpaired) electrons. The number of rotatable bonds is 8. The second kappa shape index (κ2) is 19.5. The molecule has 1 aromatic carbocycles. The summed E-state index contributed by atoms with van der Waals surface area (Å²) in [5.41, 5.74) is -4.96. The molecule has 2 heterocycles. The van der Waals surface area contributed by atoms with Crippen LogP contribution in [0.1, 0.15) is 93.6 Å². The number of nitrogens with one attached hydrogen (secondary N) is 1. The molecule has 2 fully saturated rings. The van der Waals surface area contributed by atoms with Crippen LogP contribution < -0.4 is 5.32 Å². The summed E-state index contributed by atoms with van der Waals surface area (Å²) in [6.45, 7) is 15.7. The van der Waals surface area contributed by atoms with Gasteiger partial charge >= 0.3 is 18.2 Å². The molecule has 13 nitrogen and oxygen atoms in total. The van der Waals surface area contributed by atoms with Crippen LogP contribution in [-0.2, 0) is 25.2 Å². The number of carbonyl (C=O) groups is 2. The number of halogens is 3.